The lowest BCUT2D eigenvalue weighted by Crippen LogP contribution is -2.12. The molecule has 0 spiro atoms. The number of hydrogen-bond donors (Lipinski definition) is 1. The van der Waals surface area contributed by atoms with E-state index < -0.39 is 0 Å². The molecule has 1 heterocycles. The van der Waals surface area contributed by atoms with Crippen LogP contribution in [0.15, 0.2) is 11.8 Å². The monoisotopic (exact) mass is 229 g/mol. The third kappa shape index (κ3) is 4.29. The number of rotatable bonds is 4. The number of carbonyl (C=O) groups is 1. The maximum atomic E-state index is 10.4. The SMILES string of the molecule is CC.CCCC1SN/C(=C\C=O)C1CC. The zero-order valence-corrected chi connectivity index (χ0v) is 11.1. The van der Waals surface area contributed by atoms with E-state index in [1.165, 1.54) is 12.8 Å². The van der Waals surface area contributed by atoms with Gasteiger partial charge in [0.15, 0.2) is 0 Å². The van der Waals surface area contributed by atoms with Gasteiger partial charge in [0.25, 0.3) is 0 Å². The fraction of sp³-hybridized carbons (Fsp3) is 0.750. The summed E-state index contributed by atoms with van der Waals surface area (Å²) in [7, 11) is 0. The van der Waals surface area contributed by atoms with Crippen LogP contribution in [0, 0.1) is 5.92 Å². The summed E-state index contributed by atoms with van der Waals surface area (Å²) in [5.74, 6) is 0.551. The molecule has 2 atom stereocenters. The minimum absolute atomic E-state index is 0.551. The summed E-state index contributed by atoms with van der Waals surface area (Å²) in [4.78, 5) is 10.4. The summed E-state index contributed by atoms with van der Waals surface area (Å²) in [6.45, 7) is 8.38. The highest BCUT2D eigenvalue weighted by Gasteiger charge is 2.29. The van der Waals surface area contributed by atoms with Crippen LogP contribution in [-0.2, 0) is 4.79 Å². The molecule has 3 heteroatoms. The molecular formula is C12H23NOS. The summed E-state index contributed by atoms with van der Waals surface area (Å²) in [5.41, 5.74) is 1.11. The highest BCUT2D eigenvalue weighted by atomic mass is 32.2. The predicted octanol–water partition coefficient (Wildman–Crippen LogP) is 3.54. The molecule has 0 bridgehead atoms. The summed E-state index contributed by atoms with van der Waals surface area (Å²) in [6, 6.07) is 0. The molecule has 1 aliphatic rings. The first kappa shape index (κ1) is 14.6. The van der Waals surface area contributed by atoms with Crippen LogP contribution >= 0.6 is 11.9 Å². The molecule has 1 N–H and O–H groups in total. The van der Waals surface area contributed by atoms with Crippen LogP contribution in [0.2, 0.25) is 0 Å². The quantitative estimate of drug-likeness (QED) is 0.454. The molecule has 0 amide bonds. The van der Waals surface area contributed by atoms with Crippen LogP contribution in [-0.4, -0.2) is 11.5 Å². The Morgan fingerprint density at radius 3 is 2.53 bits per heavy atom. The molecule has 2 nitrogen and oxygen atoms in total. The van der Waals surface area contributed by atoms with Crippen molar-refractivity contribution in [2.24, 2.45) is 5.92 Å². The smallest absolute Gasteiger partial charge is 0.144 e. The lowest BCUT2D eigenvalue weighted by atomic mass is 9.95. The molecule has 0 aromatic heterocycles. The van der Waals surface area contributed by atoms with Gasteiger partial charge in [-0.25, -0.2) is 0 Å². The van der Waals surface area contributed by atoms with Crippen LogP contribution in [0.4, 0.5) is 0 Å². The molecule has 1 saturated heterocycles. The molecule has 1 fully saturated rings. The zero-order chi connectivity index (χ0) is 11.7. The minimum atomic E-state index is 0.551. The van der Waals surface area contributed by atoms with E-state index in [4.69, 9.17) is 0 Å². The first-order valence-electron chi connectivity index (χ1n) is 5.90. The number of carbonyl (C=O) groups excluding carboxylic acids is 1. The Hall–Kier alpha value is -0.440. The van der Waals surface area contributed by atoms with E-state index in [1.54, 1.807) is 18.0 Å². The van der Waals surface area contributed by atoms with E-state index in [-0.39, 0.29) is 0 Å². The average molecular weight is 229 g/mol. The van der Waals surface area contributed by atoms with Crippen LogP contribution in [0.3, 0.4) is 0 Å². The van der Waals surface area contributed by atoms with Gasteiger partial charge in [-0.3, -0.25) is 4.79 Å². The van der Waals surface area contributed by atoms with Gasteiger partial charge in [0.2, 0.25) is 0 Å². The topological polar surface area (TPSA) is 29.1 Å². The molecule has 0 radical (unpaired) electrons. The van der Waals surface area contributed by atoms with Crippen molar-refractivity contribution >= 4 is 18.2 Å². The first-order chi connectivity index (χ1) is 7.33. The second kappa shape index (κ2) is 8.84. The molecule has 15 heavy (non-hydrogen) atoms. The van der Waals surface area contributed by atoms with E-state index in [0.717, 1.165) is 18.4 Å². The summed E-state index contributed by atoms with van der Waals surface area (Å²) in [5, 5.41) is 0.654. The standard InChI is InChI=1S/C10H17NOS.C2H6/c1-3-5-10-8(4-2)9(6-7-12)11-13-10;1-2/h6-8,10-11H,3-5H2,1-2H3;1-2H3/b9-6-;. The van der Waals surface area contributed by atoms with Crippen LogP contribution in [0.5, 0.6) is 0 Å². The molecule has 0 aliphatic carbocycles. The van der Waals surface area contributed by atoms with Crippen molar-refractivity contribution in [2.45, 2.75) is 52.2 Å². The van der Waals surface area contributed by atoms with Crippen LogP contribution < -0.4 is 4.72 Å². The van der Waals surface area contributed by atoms with Gasteiger partial charge in [0.1, 0.15) is 6.29 Å². The fourth-order valence-corrected chi connectivity index (χ4v) is 3.12. The van der Waals surface area contributed by atoms with Gasteiger partial charge in [-0.15, -0.1) is 0 Å². The lowest BCUT2D eigenvalue weighted by Gasteiger charge is -2.14. The van der Waals surface area contributed by atoms with Crippen molar-refractivity contribution in [2.75, 3.05) is 0 Å². The second-order valence-corrected chi connectivity index (χ2v) is 4.37. The van der Waals surface area contributed by atoms with Crippen molar-refractivity contribution in [1.29, 1.82) is 0 Å². The highest BCUT2D eigenvalue weighted by molar-refractivity contribution is 7.98. The Kier molecular flexibility index (Phi) is 8.58. The lowest BCUT2D eigenvalue weighted by molar-refractivity contribution is -0.104. The van der Waals surface area contributed by atoms with Crippen LogP contribution in [0.25, 0.3) is 0 Å². The number of nitrogens with one attached hydrogen (secondary N) is 1. The largest absolute Gasteiger partial charge is 0.333 e. The van der Waals surface area contributed by atoms with Crippen molar-refractivity contribution in [3.63, 3.8) is 0 Å². The molecular weight excluding hydrogens is 206 g/mol. The van der Waals surface area contributed by atoms with E-state index >= 15 is 0 Å². The van der Waals surface area contributed by atoms with E-state index in [1.807, 2.05) is 13.8 Å². The molecule has 0 saturated carbocycles. The van der Waals surface area contributed by atoms with Crippen molar-refractivity contribution in [1.82, 2.24) is 4.72 Å². The Bertz CT molecular complexity index is 204. The van der Waals surface area contributed by atoms with Crippen molar-refractivity contribution in [3.8, 4) is 0 Å². The zero-order valence-electron chi connectivity index (χ0n) is 10.2. The van der Waals surface area contributed by atoms with Gasteiger partial charge in [-0.1, -0.05) is 34.1 Å². The molecule has 0 aromatic carbocycles. The van der Waals surface area contributed by atoms with E-state index in [9.17, 15) is 4.79 Å². The van der Waals surface area contributed by atoms with Gasteiger partial charge in [-0.05, 0) is 30.9 Å². The van der Waals surface area contributed by atoms with Gasteiger partial charge >= 0.3 is 0 Å². The fourth-order valence-electron chi connectivity index (χ4n) is 1.76. The van der Waals surface area contributed by atoms with Gasteiger partial charge in [0, 0.05) is 16.9 Å². The Labute approximate surface area is 98.0 Å². The summed E-state index contributed by atoms with van der Waals surface area (Å²) in [6.07, 6.45) is 6.09. The Morgan fingerprint density at radius 1 is 1.40 bits per heavy atom. The minimum Gasteiger partial charge on any atom is -0.333 e. The molecule has 2 unspecified atom stereocenters. The molecule has 88 valence electrons. The highest BCUT2D eigenvalue weighted by Crippen LogP contribution is 2.36. The number of hydrogen-bond acceptors (Lipinski definition) is 3. The first-order valence-corrected chi connectivity index (χ1v) is 6.78. The van der Waals surface area contributed by atoms with Gasteiger partial charge in [0.05, 0.1) is 0 Å². The van der Waals surface area contributed by atoms with Crippen LogP contribution in [0.1, 0.15) is 47.0 Å². The molecule has 1 rings (SSSR count). The molecule has 1 aliphatic heterocycles. The maximum Gasteiger partial charge on any atom is 0.144 e. The predicted molar refractivity (Wildman–Crippen MR) is 68.7 cm³/mol. The summed E-state index contributed by atoms with van der Waals surface area (Å²) < 4.78 is 3.24. The van der Waals surface area contributed by atoms with E-state index in [0.29, 0.717) is 11.2 Å². The molecule has 0 aromatic rings. The van der Waals surface area contributed by atoms with Gasteiger partial charge < -0.3 is 4.72 Å². The second-order valence-electron chi connectivity index (χ2n) is 3.32. The number of aldehydes is 1. The Balaban J connectivity index is 0.000000921. The van der Waals surface area contributed by atoms with Crippen molar-refractivity contribution in [3.05, 3.63) is 11.8 Å². The summed E-state index contributed by atoms with van der Waals surface area (Å²) >= 11 is 1.77. The normalized spacial score (nSPS) is 26.8. The van der Waals surface area contributed by atoms with Crippen molar-refractivity contribution < 1.29 is 4.79 Å². The third-order valence-electron chi connectivity index (χ3n) is 2.44. The number of allylic oxidation sites excluding steroid dienone is 2. The van der Waals surface area contributed by atoms with E-state index in [2.05, 4.69) is 18.6 Å². The Morgan fingerprint density at radius 2 is 2.07 bits per heavy atom. The average Bonchev–Trinajstić information content (AvgIpc) is 2.65. The third-order valence-corrected chi connectivity index (χ3v) is 3.66. The maximum absolute atomic E-state index is 10.4. The van der Waals surface area contributed by atoms with Gasteiger partial charge in [-0.2, -0.15) is 0 Å².